The molecule has 0 unspecified atom stereocenters. The van der Waals surface area contributed by atoms with Crippen LogP contribution in [0, 0.1) is 5.82 Å². The van der Waals surface area contributed by atoms with Crippen LogP contribution in [0.4, 0.5) is 4.39 Å². The van der Waals surface area contributed by atoms with Crippen molar-refractivity contribution in [2.45, 2.75) is 18.3 Å². The molecule has 3 rings (SSSR count). The molecule has 1 aliphatic heterocycles. The van der Waals surface area contributed by atoms with Gasteiger partial charge in [0.05, 0.1) is 12.7 Å². The summed E-state index contributed by atoms with van der Waals surface area (Å²) in [6.07, 6.45) is 1.86. The number of methoxy groups -OCH3 is 1. The van der Waals surface area contributed by atoms with Crippen LogP contribution in [0.3, 0.4) is 0 Å². The Morgan fingerprint density at radius 3 is 2.72 bits per heavy atom. The van der Waals surface area contributed by atoms with E-state index < -0.39 is 5.82 Å². The molecule has 2 aliphatic rings. The van der Waals surface area contributed by atoms with E-state index in [-0.39, 0.29) is 11.2 Å². The zero-order valence-electron chi connectivity index (χ0n) is 10.3. The Morgan fingerprint density at radius 1 is 1.39 bits per heavy atom. The minimum absolute atomic E-state index is 0.210. The van der Waals surface area contributed by atoms with E-state index in [0.29, 0.717) is 31.3 Å². The lowest BCUT2D eigenvalue weighted by molar-refractivity contribution is 0.166. The number of benzene rings is 1. The average molecular weight is 253 g/mol. The van der Waals surface area contributed by atoms with Gasteiger partial charge in [-0.05, 0) is 12.8 Å². The number of ether oxygens (including phenoxy) is 3. The van der Waals surface area contributed by atoms with E-state index in [2.05, 4.69) is 0 Å². The first-order valence-electron chi connectivity index (χ1n) is 6.08. The molecule has 1 heterocycles. The highest BCUT2D eigenvalue weighted by Gasteiger charge is 2.49. The quantitative estimate of drug-likeness (QED) is 0.889. The van der Waals surface area contributed by atoms with Gasteiger partial charge in [-0.1, -0.05) is 0 Å². The van der Waals surface area contributed by atoms with Gasteiger partial charge in [0.1, 0.15) is 13.2 Å². The van der Waals surface area contributed by atoms with Crippen LogP contribution in [0.1, 0.15) is 18.4 Å². The predicted molar refractivity (Wildman–Crippen MR) is 63.9 cm³/mol. The smallest absolute Gasteiger partial charge is 0.169 e. The van der Waals surface area contributed by atoms with E-state index in [1.807, 2.05) is 0 Å². The lowest BCUT2D eigenvalue weighted by Crippen LogP contribution is -2.25. The molecular formula is C13H16FNO3. The van der Waals surface area contributed by atoms with E-state index in [9.17, 15) is 4.39 Å². The molecule has 0 atom stereocenters. The molecule has 0 spiro atoms. The molecule has 0 amide bonds. The predicted octanol–water partition coefficient (Wildman–Crippen LogP) is 1.60. The molecule has 98 valence electrons. The summed E-state index contributed by atoms with van der Waals surface area (Å²) in [5.74, 6) is 0.871. The second-order valence-corrected chi connectivity index (χ2v) is 4.78. The number of halogens is 1. The molecule has 1 aromatic carbocycles. The van der Waals surface area contributed by atoms with Gasteiger partial charge in [-0.25, -0.2) is 4.39 Å². The molecule has 0 bridgehead atoms. The zero-order chi connectivity index (χ0) is 12.8. The maximum atomic E-state index is 14.0. The van der Waals surface area contributed by atoms with Crippen LogP contribution in [0.25, 0.3) is 0 Å². The fourth-order valence-corrected chi connectivity index (χ4v) is 2.53. The second-order valence-electron chi connectivity index (χ2n) is 4.78. The van der Waals surface area contributed by atoms with E-state index in [1.165, 1.54) is 13.2 Å². The highest BCUT2D eigenvalue weighted by atomic mass is 19.1. The summed E-state index contributed by atoms with van der Waals surface area (Å²) >= 11 is 0. The maximum Gasteiger partial charge on any atom is 0.169 e. The largest absolute Gasteiger partial charge is 0.493 e. The number of fused-ring (bicyclic) bond motifs is 1. The molecule has 0 radical (unpaired) electrons. The highest BCUT2D eigenvalue weighted by Crippen LogP contribution is 2.57. The van der Waals surface area contributed by atoms with Gasteiger partial charge in [-0.3, -0.25) is 0 Å². The molecule has 0 aromatic heterocycles. The van der Waals surface area contributed by atoms with Gasteiger partial charge in [0.2, 0.25) is 0 Å². The Labute approximate surface area is 105 Å². The molecule has 5 heteroatoms. The van der Waals surface area contributed by atoms with Gasteiger partial charge in [-0.15, -0.1) is 0 Å². The van der Waals surface area contributed by atoms with Gasteiger partial charge in [0.15, 0.2) is 23.1 Å². The SMILES string of the molecule is COc1c(F)cc2c(c1C1(CN)CC1)OCCO2. The van der Waals surface area contributed by atoms with Crippen molar-refractivity contribution in [1.29, 1.82) is 0 Å². The van der Waals surface area contributed by atoms with Crippen molar-refractivity contribution < 1.29 is 18.6 Å². The summed E-state index contributed by atoms with van der Waals surface area (Å²) in [7, 11) is 1.46. The fraction of sp³-hybridized carbons (Fsp3) is 0.538. The topological polar surface area (TPSA) is 53.7 Å². The summed E-state index contributed by atoms with van der Waals surface area (Å²) in [4.78, 5) is 0. The summed E-state index contributed by atoms with van der Waals surface area (Å²) in [6.45, 7) is 1.37. The van der Waals surface area contributed by atoms with Crippen LogP contribution in [-0.4, -0.2) is 26.9 Å². The molecular weight excluding hydrogens is 237 g/mol. The van der Waals surface area contributed by atoms with E-state index in [1.54, 1.807) is 0 Å². The van der Waals surface area contributed by atoms with Crippen LogP contribution >= 0.6 is 0 Å². The lowest BCUT2D eigenvalue weighted by atomic mass is 9.93. The van der Waals surface area contributed by atoms with Gasteiger partial charge in [-0.2, -0.15) is 0 Å². The molecule has 2 N–H and O–H groups in total. The maximum absolute atomic E-state index is 14.0. The Kier molecular flexibility index (Phi) is 2.59. The van der Waals surface area contributed by atoms with Crippen molar-refractivity contribution in [2.75, 3.05) is 26.9 Å². The average Bonchev–Trinajstić information content (AvgIpc) is 3.18. The van der Waals surface area contributed by atoms with Crippen LogP contribution in [0.2, 0.25) is 0 Å². The van der Waals surface area contributed by atoms with Gasteiger partial charge in [0, 0.05) is 18.0 Å². The van der Waals surface area contributed by atoms with E-state index in [0.717, 1.165) is 18.4 Å². The third-order valence-corrected chi connectivity index (χ3v) is 3.72. The van der Waals surface area contributed by atoms with Gasteiger partial charge < -0.3 is 19.9 Å². The van der Waals surface area contributed by atoms with Gasteiger partial charge >= 0.3 is 0 Å². The van der Waals surface area contributed by atoms with Crippen molar-refractivity contribution in [1.82, 2.24) is 0 Å². The summed E-state index contributed by atoms with van der Waals surface area (Å²) in [5, 5.41) is 0. The zero-order valence-corrected chi connectivity index (χ0v) is 10.3. The first kappa shape index (κ1) is 11.6. The van der Waals surface area contributed by atoms with Crippen molar-refractivity contribution in [3.63, 3.8) is 0 Å². The molecule has 18 heavy (non-hydrogen) atoms. The summed E-state index contributed by atoms with van der Waals surface area (Å²) < 4.78 is 30.3. The monoisotopic (exact) mass is 253 g/mol. The van der Waals surface area contributed by atoms with Crippen LogP contribution in [0.5, 0.6) is 17.2 Å². The van der Waals surface area contributed by atoms with Crippen molar-refractivity contribution in [2.24, 2.45) is 5.73 Å². The summed E-state index contributed by atoms with van der Waals surface area (Å²) in [5.41, 5.74) is 6.36. The number of rotatable bonds is 3. The Bertz CT molecular complexity index is 486. The normalized spacial score (nSPS) is 19.5. The molecule has 1 saturated carbocycles. The van der Waals surface area contributed by atoms with Crippen LogP contribution in [-0.2, 0) is 5.41 Å². The first-order chi connectivity index (χ1) is 8.72. The van der Waals surface area contributed by atoms with Crippen LogP contribution in [0.15, 0.2) is 6.07 Å². The van der Waals surface area contributed by atoms with Crippen LogP contribution < -0.4 is 19.9 Å². The van der Waals surface area contributed by atoms with Gasteiger partial charge in [0.25, 0.3) is 0 Å². The molecule has 1 aromatic rings. The third kappa shape index (κ3) is 1.54. The van der Waals surface area contributed by atoms with Crippen molar-refractivity contribution >= 4 is 0 Å². The molecule has 1 aliphatic carbocycles. The second kappa shape index (κ2) is 4.02. The number of nitrogens with two attached hydrogens (primary N) is 1. The van der Waals surface area contributed by atoms with Crippen molar-refractivity contribution in [3.05, 3.63) is 17.4 Å². The number of hydrogen-bond donors (Lipinski definition) is 1. The molecule has 0 saturated heterocycles. The Hall–Kier alpha value is -1.49. The van der Waals surface area contributed by atoms with Crippen molar-refractivity contribution in [3.8, 4) is 17.2 Å². The summed E-state index contributed by atoms with van der Waals surface area (Å²) in [6, 6.07) is 1.32. The standard InChI is InChI=1S/C13H16FNO3/c1-16-11-8(14)6-9-12(18-5-4-17-9)10(11)13(7-15)2-3-13/h6H,2-5,7,15H2,1H3. The fourth-order valence-electron chi connectivity index (χ4n) is 2.53. The molecule has 4 nitrogen and oxygen atoms in total. The minimum Gasteiger partial charge on any atom is -0.493 e. The highest BCUT2D eigenvalue weighted by molar-refractivity contribution is 5.60. The third-order valence-electron chi connectivity index (χ3n) is 3.72. The van der Waals surface area contributed by atoms with E-state index in [4.69, 9.17) is 19.9 Å². The lowest BCUT2D eigenvalue weighted by Gasteiger charge is -2.26. The number of hydrogen-bond acceptors (Lipinski definition) is 4. The Balaban J connectivity index is 2.22. The molecule has 1 fully saturated rings. The Morgan fingerprint density at radius 2 is 2.11 bits per heavy atom. The minimum atomic E-state index is -0.420. The van der Waals surface area contributed by atoms with E-state index >= 15 is 0 Å². The first-order valence-corrected chi connectivity index (χ1v) is 6.08.